The molecule has 152 valence electrons. The molecule has 1 N–H and O–H groups in total. The molecule has 0 fully saturated rings. The predicted octanol–water partition coefficient (Wildman–Crippen LogP) is 2.78. The van der Waals surface area contributed by atoms with Crippen molar-refractivity contribution >= 4 is 16.7 Å². The minimum Gasteiger partial charge on any atom is -0.343 e. The molecule has 1 heterocycles. The molecule has 0 atom stereocenters. The zero-order chi connectivity index (χ0) is 21.0. The van der Waals surface area contributed by atoms with Crippen LogP contribution in [-0.4, -0.2) is 40.4 Å². The van der Waals surface area contributed by atoms with Gasteiger partial charge in [-0.25, -0.2) is 4.68 Å². The zero-order valence-electron chi connectivity index (χ0n) is 15.6. The van der Waals surface area contributed by atoms with Crippen LogP contribution in [0.2, 0.25) is 0 Å². The van der Waals surface area contributed by atoms with E-state index in [4.69, 9.17) is 0 Å². The molecule has 0 aliphatic carbocycles. The number of nitrogens with one attached hydrogen (secondary N) is 1. The number of carbonyl (C=O) groups is 1. The molecule has 3 aromatic rings. The molecule has 0 aliphatic heterocycles. The standard InChI is InChI=1S/C20H19F3N4O2/c1-26(13-27-19(29)17-5-3-2-4-16(17)10-25-27)11-14-6-8-15(9-7-14)18(28)24-12-20(21,22)23/h2-10H,11-13H2,1H3,(H,24,28). The van der Waals surface area contributed by atoms with Gasteiger partial charge in [0.1, 0.15) is 6.54 Å². The number of fused-ring (bicyclic) bond motifs is 1. The van der Waals surface area contributed by atoms with E-state index in [-0.39, 0.29) is 17.8 Å². The maximum Gasteiger partial charge on any atom is 0.405 e. The van der Waals surface area contributed by atoms with E-state index < -0.39 is 18.6 Å². The van der Waals surface area contributed by atoms with Gasteiger partial charge in [-0.3, -0.25) is 14.5 Å². The second kappa shape index (κ2) is 8.44. The molecule has 1 aromatic heterocycles. The van der Waals surface area contributed by atoms with E-state index in [1.807, 2.05) is 29.4 Å². The van der Waals surface area contributed by atoms with Gasteiger partial charge in [-0.05, 0) is 30.8 Å². The number of rotatable bonds is 6. The quantitative estimate of drug-likeness (QED) is 0.686. The van der Waals surface area contributed by atoms with Crippen LogP contribution in [0.25, 0.3) is 10.8 Å². The van der Waals surface area contributed by atoms with E-state index in [0.717, 1.165) is 10.9 Å². The molecule has 1 amide bonds. The van der Waals surface area contributed by atoms with Crippen LogP contribution in [0.3, 0.4) is 0 Å². The molecule has 29 heavy (non-hydrogen) atoms. The maximum atomic E-state index is 12.5. The molecule has 0 spiro atoms. The van der Waals surface area contributed by atoms with Gasteiger partial charge in [-0.1, -0.05) is 30.3 Å². The minimum absolute atomic E-state index is 0.146. The van der Waals surface area contributed by atoms with Gasteiger partial charge in [-0.2, -0.15) is 18.3 Å². The molecule has 0 saturated heterocycles. The third kappa shape index (κ3) is 5.41. The largest absolute Gasteiger partial charge is 0.405 e. The molecule has 3 rings (SSSR count). The summed E-state index contributed by atoms with van der Waals surface area (Å²) in [6.07, 6.45) is -2.81. The van der Waals surface area contributed by atoms with Gasteiger partial charge >= 0.3 is 6.18 Å². The lowest BCUT2D eigenvalue weighted by molar-refractivity contribution is -0.123. The van der Waals surface area contributed by atoms with Crippen LogP contribution in [0, 0.1) is 0 Å². The Morgan fingerprint density at radius 1 is 1.14 bits per heavy atom. The summed E-state index contributed by atoms with van der Waals surface area (Å²) >= 11 is 0. The summed E-state index contributed by atoms with van der Waals surface area (Å²) in [4.78, 5) is 26.1. The van der Waals surface area contributed by atoms with Gasteiger partial charge in [0.2, 0.25) is 0 Å². The second-order valence-corrected chi connectivity index (χ2v) is 6.69. The first-order valence-corrected chi connectivity index (χ1v) is 8.80. The number of aromatic nitrogens is 2. The van der Waals surface area contributed by atoms with Crippen molar-refractivity contribution in [3.05, 3.63) is 76.2 Å². The van der Waals surface area contributed by atoms with E-state index in [9.17, 15) is 22.8 Å². The van der Waals surface area contributed by atoms with Gasteiger partial charge < -0.3 is 5.32 Å². The highest BCUT2D eigenvalue weighted by Gasteiger charge is 2.27. The highest BCUT2D eigenvalue weighted by Crippen LogP contribution is 2.13. The summed E-state index contributed by atoms with van der Waals surface area (Å²) in [6.45, 7) is -0.646. The maximum absolute atomic E-state index is 12.5. The van der Waals surface area contributed by atoms with Gasteiger partial charge in [0.25, 0.3) is 11.5 Å². The average molecular weight is 404 g/mol. The Kier molecular flexibility index (Phi) is 5.97. The Labute approximate surface area is 164 Å². The highest BCUT2D eigenvalue weighted by molar-refractivity contribution is 5.94. The number of nitrogens with zero attached hydrogens (tertiary/aromatic N) is 3. The number of alkyl halides is 3. The molecular formula is C20H19F3N4O2. The fourth-order valence-electron chi connectivity index (χ4n) is 2.86. The summed E-state index contributed by atoms with van der Waals surface area (Å²) < 4.78 is 37.9. The Hall–Kier alpha value is -3.20. The summed E-state index contributed by atoms with van der Waals surface area (Å²) in [7, 11) is 1.81. The van der Waals surface area contributed by atoms with E-state index in [0.29, 0.717) is 11.9 Å². The van der Waals surface area contributed by atoms with Crippen molar-refractivity contribution in [3.63, 3.8) is 0 Å². The van der Waals surface area contributed by atoms with E-state index in [1.54, 1.807) is 30.5 Å². The Bertz CT molecular complexity index is 1060. The Morgan fingerprint density at radius 3 is 2.52 bits per heavy atom. The lowest BCUT2D eigenvalue weighted by atomic mass is 10.1. The second-order valence-electron chi connectivity index (χ2n) is 6.69. The fourth-order valence-corrected chi connectivity index (χ4v) is 2.86. The summed E-state index contributed by atoms with van der Waals surface area (Å²) in [5, 5.41) is 7.38. The Morgan fingerprint density at radius 2 is 1.83 bits per heavy atom. The molecule has 0 aliphatic rings. The third-order valence-electron chi connectivity index (χ3n) is 4.26. The van der Waals surface area contributed by atoms with Gasteiger partial charge in [-0.15, -0.1) is 0 Å². The summed E-state index contributed by atoms with van der Waals surface area (Å²) in [5.74, 6) is -0.783. The van der Waals surface area contributed by atoms with Crippen molar-refractivity contribution in [3.8, 4) is 0 Å². The number of amides is 1. The SMILES string of the molecule is CN(Cc1ccc(C(=O)NCC(F)(F)F)cc1)Cn1ncc2ccccc2c1=O. The van der Waals surface area contributed by atoms with Gasteiger partial charge in [0.15, 0.2) is 0 Å². The third-order valence-corrected chi connectivity index (χ3v) is 4.26. The first-order chi connectivity index (χ1) is 13.7. The molecule has 0 radical (unpaired) electrons. The molecule has 9 heteroatoms. The molecule has 0 bridgehead atoms. The number of hydrogen-bond acceptors (Lipinski definition) is 4. The van der Waals surface area contributed by atoms with Crippen molar-refractivity contribution in [1.82, 2.24) is 20.0 Å². The van der Waals surface area contributed by atoms with Crippen molar-refractivity contribution in [2.75, 3.05) is 13.6 Å². The van der Waals surface area contributed by atoms with Crippen molar-refractivity contribution < 1.29 is 18.0 Å². The lowest BCUT2D eigenvalue weighted by Crippen LogP contribution is -2.33. The first-order valence-electron chi connectivity index (χ1n) is 8.80. The van der Waals surface area contributed by atoms with E-state index >= 15 is 0 Å². The first kappa shape index (κ1) is 20.5. The van der Waals surface area contributed by atoms with E-state index in [2.05, 4.69) is 5.10 Å². The van der Waals surface area contributed by atoms with Crippen molar-refractivity contribution in [2.24, 2.45) is 0 Å². The molecule has 0 saturated carbocycles. The van der Waals surface area contributed by atoms with E-state index in [1.165, 1.54) is 16.8 Å². The number of hydrogen-bond donors (Lipinski definition) is 1. The summed E-state index contributed by atoms with van der Waals surface area (Å²) in [5.41, 5.74) is 0.799. The highest BCUT2D eigenvalue weighted by atomic mass is 19.4. The van der Waals surface area contributed by atoms with Crippen LogP contribution in [0.1, 0.15) is 15.9 Å². The molecule has 0 unspecified atom stereocenters. The van der Waals surface area contributed by atoms with Crippen LogP contribution in [0.15, 0.2) is 59.5 Å². The van der Waals surface area contributed by atoms with Crippen LogP contribution in [-0.2, 0) is 13.2 Å². The normalized spacial score (nSPS) is 11.8. The predicted molar refractivity (Wildman–Crippen MR) is 102 cm³/mol. The van der Waals surface area contributed by atoms with Crippen LogP contribution in [0.4, 0.5) is 13.2 Å². The van der Waals surface area contributed by atoms with Gasteiger partial charge in [0, 0.05) is 17.5 Å². The zero-order valence-corrected chi connectivity index (χ0v) is 15.6. The monoisotopic (exact) mass is 404 g/mol. The smallest absolute Gasteiger partial charge is 0.343 e. The fraction of sp³-hybridized carbons (Fsp3) is 0.250. The van der Waals surface area contributed by atoms with Crippen LogP contribution in [0.5, 0.6) is 0 Å². The average Bonchev–Trinajstić information content (AvgIpc) is 2.68. The van der Waals surface area contributed by atoms with Crippen LogP contribution < -0.4 is 10.9 Å². The van der Waals surface area contributed by atoms with Crippen LogP contribution >= 0.6 is 0 Å². The summed E-state index contributed by atoms with van der Waals surface area (Å²) in [6, 6.07) is 13.5. The number of halogens is 3. The lowest BCUT2D eigenvalue weighted by Gasteiger charge is -2.18. The Balaban J connectivity index is 1.62. The van der Waals surface area contributed by atoms with Gasteiger partial charge in [0.05, 0.1) is 18.3 Å². The molecule has 2 aromatic carbocycles. The topological polar surface area (TPSA) is 67.2 Å². The number of benzene rings is 2. The number of carbonyl (C=O) groups excluding carboxylic acids is 1. The van der Waals surface area contributed by atoms with Crippen molar-refractivity contribution in [1.29, 1.82) is 0 Å². The molecular weight excluding hydrogens is 385 g/mol. The molecule has 6 nitrogen and oxygen atoms in total. The van der Waals surface area contributed by atoms with Crippen molar-refractivity contribution in [2.45, 2.75) is 19.4 Å². The minimum atomic E-state index is -4.45.